The lowest BCUT2D eigenvalue weighted by Gasteiger charge is -2.11. The molecule has 0 unspecified atom stereocenters. The number of nitrogens with one attached hydrogen (secondary N) is 1. The van der Waals surface area contributed by atoms with Gasteiger partial charge in [-0.05, 0) is 48.4 Å². The summed E-state index contributed by atoms with van der Waals surface area (Å²) in [6.07, 6.45) is 0. The Morgan fingerprint density at radius 2 is 1.95 bits per heavy atom. The van der Waals surface area contributed by atoms with Crippen molar-refractivity contribution in [2.75, 3.05) is 4.72 Å². The van der Waals surface area contributed by atoms with E-state index in [0.29, 0.717) is 11.1 Å². The van der Waals surface area contributed by atoms with Crippen LogP contribution in [-0.4, -0.2) is 8.42 Å². The maximum Gasteiger partial charge on any atom is 0.263 e. The molecule has 0 spiro atoms. The molecule has 21 heavy (non-hydrogen) atoms. The lowest BCUT2D eigenvalue weighted by Crippen LogP contribution is -2.14. The van der Waals surface area contributed by atoms with Crippen LogP contribution in [-0.2, 0) is 16.6 Å². The second-order valence-electron chi connectivity index (χ2n) is 4.59. The minimum Gasteiger partial charge on any atom is -0.326 e. The van der Waals surface area contributed by atoms with E-state index in [1.165, 1.54) is 24.3 Å². The SMILES string of the molecule is Cc1cc(F)cc(NS(=O)(=O)c2cc(CN)ccc2Cl)c1. The van der Waals surface area contributed by atoms with Crippen molar-refractivity contribution < 1.29 is 12.8 Å². The predicted molar refractivity (Wildman–Crippen MR) is 81.3 cm³/mol. The standard InChI is InChI=1S/C14H14ClFN2O2S/c1-9-4-11(16)7-12(5-9)18-21(19,20)14-6-10(8-17)2-3-13(14)15/h2-7,18H,8,17H2,1H3. The van der Waals surface area contributed by atoms with Crippen molar-refractivity contribution in [2.24, 2.45) is 5.73 Å². The summed E-state index contributed by atoms with van der Waals surface area (Å²) in [5.74, 6) is -0.519. The Kier molecular flexibility index (Phi) is 4.51. The van der Waals surface area contributed by atoms with Gasteiger partial charge in [-0.3, -0.25) is 4.72 Å². The molecule has 0 bridgehead atoms. The van der Waals surface area contributed by atoms with Crippen molar-refractivity contribution in [1.29, 1.82) is 0 Å². The van der Waals surface area contributed by atoms with E-state index in [-0.39, 0.29) is 22.2 Å². The summed E-state index contributed by atoms with van der Waals surface area (Å²) in [7, 11) is -3.91. The van der Waals surface area contributed by atoms with Crippen LogP contribution in [0.3, 0.4) is 0 Å². The molecule has 0 heterocycles. The van der Waals surface area contributed by atoms with E-state index in [1.54, 1.807) is 13.0 Å². The average molecular weight is 329 g/mol. The van der Waals surface area contributed by atoms with E-state index in [9.17, 15) is 12.8 Å². The number of nitrogens with two attached hydrogens (primary N) is 1. The zero-order chi connectivity index (χ0) is 15.6. The zero-order valence-electron chi connectivity index (χ0n) is 11.2. The molecule has 0 atom stereocenters. The van der Waals surface area contributed by atoms with E-state index in [0.717, 1.165) is 6.07 Å². The summed E-state index contributed by atoms with van der Waals surface area (Å²) in [6, 6.07) is 8.45. The van der Waals surface area contributed by atoms with E-state index >= 15 is 0 Å². The smallest absolute Gasteiger partial charge is 0.263 e. The normalized spacial score (nSPS) is 11.4. The summed E-state index contributed by atoms with van der Waals surface area (Å²) < 4.78 is 40.4. The van der Waals surface area contributed by atoms with Crippen molar-refractivity contribution in [1.82, 2.24) is 0 Å². The van der Waals surface area contributed by atoms with Gasteiger partial charge in [0.2, 0.25) is 0 Å². The first-order chi connectivity index (χ1) is 9.81. The van der Waals surface area contributed by atoms with Crippen LogP contribution in [0.4, 0.5) is 10.1 Å². The maximum absolute atomic E-state index is 13.3. The van der Waals surface area contributed by atoms with Crippen LogP contribution in [0, 0.1) is 12.7 Å². The van der Waals surface area contributed by atoms with Crippen LogP contribution >= 0.6 is 11.6 Å². The Labute approximate surface area is 127 Å². The first-order valence-electron chi connectivity index (χ1n) is 6.10. The van der Waals surface area contributed by atoms with Crippen molar-refractivity contribution in [3.63, 3.8) is 0 Å². The molecule has 2 aromatic rings. The number of sulfonamides is 1. The first kappa shape index (κ1) is 15.8. The van der Waals surface area contributed by atoms with Crippen molar-refractivity contribution in [2.45, 2.75) is 18.4 Å². The Hall–Kier alpha value is -1.63. The van der Waals surface area contributed by atoms with Gasteiger partial charge in [-0.2, -0.15) is 0 Å². The van der Waals surface area contributed by atoms with E-state index in [2.05, 4.69) is 4.72 Å². The van der Waals surface area contributed by atoms with Crippen LogP contribution in [0.1, 0.15) is 11.1 Å². The highest BCUT2D eigenvalue weighted by Crippen LogP contribution is 2.25. The molecule has 2 rings (SSSR count). The fraction of sp³-hybridized carbons (Fsp3) is 0.143. The van der Waals surface area contributed by atoms with Crippen LogP contribution in [0.2, 0.25) is 5.02 Å². The number of benzene rings is 2. The Balaban J connectivity index is 2.42. The van der Waals surface area contributed by atoms with Gasteiger partial charge in [0, 0.05) is 6.54 Å². The molecule has 0 saturated heterocycles. The fourth-order valence-corrected chi connectivity index (χ4v) is 3.48. The monoisotopic (exact) mass is 328 g/mol. The van der Waals surface area contributed by atoms with Gasteiger partial charge in [-0.15, -0.1) is 0 Å². The number of anilines is 1. The highest BCUT2D eigenvalue weighted by atomic mass is 35.5. The molecule has 2 aromatic carbocycles. The molecule has 3 N–H and O–H groups in total. The van der Waals surface area contributed by atoms with Gasteiger partial charge in [-0.1, -0.05) is 17.7 Å². The number of rotatable bonds is 4. The third kappa shape index (κ3) is 3.72. The highest BCUT2D eigenvalue weighted by molar-refractivity contribution is 7.92. The highest BCUT2D eigenvalue weighted by Gasteiger charge is 2.19. The van der Waals surface area contributed by atoms with E-state index in [1.807, 2.05) is 0 Å². The molecular formula is C14H14ClFN2O2S. The molecule has 0 aliphatic carbocycles. The van der Waals surface area contributed by atoms with Gasteiger partial charge in [0.25, 0.3) is 10.0 Å². The van der Waals surface area contributed by atoms with Gasteiger partial charge >= 0.3 is 0 Å². The number of halogens is 2. The Morgan fingerprint density at radius 3 is 2.57 bits per heavy atom. The van der Waals surface area contributed by atoms with E-state index < -0.39 is 15.8 Å². The molecule has 0 aliphatic heterocycles. The van der Waals surface area contributed by atoms with Crippen LogP contribution in [0.25, 0.3) is 0 Å². The minimum atomic E-state index is -3.91. The molecule has 0 amide bonds. The molecular weight excluding hydrogens is 315 g/mol. The molecule has 0 aromatic heterocycles. The summed E-state index contributed by atoms with van der Waals surface area (Å²) >= 11 is 5.93. The quantitative estimate of drug-likeness (QED) is 0.906. The average Bonchev–Trinajstić information content (AvgIpc) is 2.37. The fourth-order valence-electron chi connectivity index (χ4n) is 1.89. The van der Waals surface area contributed by atoms with Gasteiger partial charge in [0.1, 0.15) is 10.7 Å². The molecule has 7 heteroatoms. The van der Waals surface area contributed by atoms with Crippen LogP contribution in [0.15, 0.2) is 41.3 Å². The van der Waals surface area contributed by atoms with Gasteiger partial charge in [-0.25, -0.2) is 12.8 Å². The minimum absolute atomic E-state index is 0.0767. The summed E-state index contributed by atoms with van der Waals surface area (Å²) in [6.45, 7) is 1.86. The maximum atomic E-state index is 13.3. The van der Waals surface area contributed by atoms with Gasteiger partial charge < -0.3 is 5.73 Å². The van der Waals surface area contributed by atoms with Crippen molar-refractivity contribution >= 4 is 27.3 Å². The lowest BCUT2D eigenvalue weighted by atomic mass is 10.2. The molecule has 112 valence electrons. The van der Waals surface area contributed by atoms with Crippen molar-refractivity contribution in [3.8, 4) is 0 Å². The second-order valence-corrected chi connectivity index (χ2v) is 6.65. The predicted octanol–water partition coefficient (Wildman–Crippen LogP) is 3.05. The van der Waals surface area contributed by atoms with E-state index in [4.69, 9.17) is 17.3 Å². The zero-order valence-corrected chi connectivity index (χ0v) is 12.8. The summed E-state index contributed by atoms with van der Waals surface area (Å²) in [5.41, 5.74) is 6.88. The number of hydrogen-bond donors (Lipinski definition) is 2. The summed E-state index contributed by atoms with van der Waals surface area (Å²) in [4.78, 5) is -0.0889. The molecule has 0 saturated carbocycles. The van der Waals surface area contributed by atoms with Crippen molar-refractivity contribution in [3.05, 3.63) is 58.4 Å². The third-order valence-electron chi connectivity index (χ3n) is 2.82. The van der Waals surface area contributed by atoms with Gasteiger partial charge in [0.05, 0.1) is 10.7 Å². The summed E-state index contributed by atoms with van der Waals surface area (Å²) in [5, 5.41) is 0.0767. The molecule has 0 fully saturated rings. The Bertz CT molecular complexity index is 758. The number of hydrogen-bond acceptors (Lipinski definition) is 3. The second kappa shape index (κ2) is 6.01. The lowest BCUT2D eigenvalue weighted by molar-refractivity contribution is 0.601. The first-order valence-corrected chi connectivity index (χ1v) is 7.96. The number of aryl methyl sites for hydroxylation is 1. The molecule has 0 radical (unpaired) electrons. The van der Waals surface area contributed by atoms with Gasteiger partial charge in [0.15, 0.2) is 0 Å². The Morgan fingerprint density at radius 1 is 1.24 bits per heavy atom. The van der Waals surface area contributed by atoms with Crippen LogP contribution < -0.4 is 10.5 Å². The third-order valence-corrected chi connectivity index (χ3v) is 4.68. The molecule has 0 aliphatic rings. The molecule has 4 nitrogen and oxygen atoms in total. The van der Waals surface area contributed by atoms with Crippen LogP contribution in [0.5, 0.6) is 0 Å². The topological polar surface area (TPSA) is 72.2 Å². The largest absolute Gasteiger partial charge is 0.326 e.